The Labute approximate surface area is 137 Å². The molecule has 112 valence electrons. The highest BCUT2D eigenvalue weighted by molar-refractivity contribution is 7.99. The summed E-state index contributed by atoms with van der Waals surface area (Å²) in [6.07, 6.45) is 2.20. The fourth-order valence-corrected chi connectivity index (χ4v) is 3.73. The number of carbonyl (C=O) groups excluding carboxylic acids is 1. The third kappa shape index (κ3) is 3.84. The van der Waals surface area contributed by atoms with Crippen LogP contribution in [0.4, 0.5) is 5.13 Å². The van der Waals surface area contributed by atoms with E-state index in [1.54, 1.807) is 18.0 Å². The third-order valence-electron chi connectivity index (χ3n) is 3.01. The molecule has 0 aliphatic carbocycles. The number of thiazole rings is 1. The first kappa shape index (κ1) is 15.0. The topological polar surface area (TPSA) is 54.9 Å². The first-order valence-electron chi connectivity index (χ1n) is 6.91. The van der Waals surface area contributed by atoms with Crippen LogP contribution in [0.2, 0.25) is 0 Å². The lowest BCUT2D eigenvalue weighted by Crippen LogP contribution is -2.11. The first-order valence-corrected chi connectivity index (χ1v) is 8.72. The molecule has 0 aliphatic rings. The standard InChI is InChI=1S/C16H15N3OS2/c1-11-5-6-12-13(10-11)22-16(18-12)19-14(20)7-9-21-15-4-2-3-8-17-15/h2-6,8,10H,7,9H2,1H3,(H,18,19,20). The zero-order valence-corrected chi connectivity index (χ0v) is 13.7. The largest absolute Gasteiger partial charge is 0.302 e. The van der Waals surface area contributed by atoms with Crippen molar-refractivity contribution in [2.24, 2.45) is 0 Å². The summed E-state index contributed by atoms with van der Waals surface area (Å²) in [5, 5.41) is 4.47. The predicted octanol–water partition coefficient (Wildman–Crippen LogP) is 4.12. The van der Waals surface area contributed by atoms with Crippen molar-refractivity contribution in [3.8, 4) is 0 Å². The molecule has 2 heterocycles. The zero-order valence-electron chi connectivity index (χ0n) is 12.1. The molecule has 0 atom stereocenters. The summed E-state index contributed by atoms with van der Waals surface area (Å²) < 4.78 is 1.10. The van der Waals surface area contributed by atoms with Crippen molar-refractivity contribution in [3.05, 3.63) is 48.2 Å². The molecule has 0 aliphatic heterocycles. The quantitative estimate of drug-likeness (QED) is 0.715. The minimum absolute atomic E-state index is 0.0146. The van der Waals surface area contributed by atoms with Gasteiger partial charge >= 0.3 is 0 Å². The summed E-state index contributed by atoms with van der Waals surface area (Å²) >= 11 is 3.08. The van der Waals surface area contributed by atoms with Crippen LogP contribution in [0.1, 0.15) is 12.0 Å². The molecule has 0 saturated carbocycles. The zero-order chi connectivity index (χ0) is 15.4. The third-order valence-corrected chi connectivity index (χ3v) is 4.89. The Balaban J connectivity index is 1.54. The second-order valence-corrected chi connectivity index (χ2v) is 6.95. The number of hydrogen-bond acceptors (Lipinski definition) is 5. The molecule has 3 aromatic rings. The molecule has 1 aromatic carbocycles. The van der Waals surface area contributed by atoms with Crippen molar-refractivity contribution in [3.63, 3.8) is 0 Å². The average Bonchev–Trinajstić information content (AvgIpc) is 2.89. The average molecular weight is 329 g/mol. The number of pyridine rings is 1. The van der Waals surface area contributed by atoms with E-state index in [0.717, 1.165) is 15.2 Å². The molecule has 0 spiro atoms. The minimum Gasteiger partial charge on any atom is -0.302 e. The molecule has 0 radical (unpaired) electrons. The normalized spacial score (nSPS) is 10.8. The molecule has 0 unspecified atom stereocenters. The van der Waals surface area contributed by atoms with E-state index in [1.807, 2.05) is 37.3 Å². The molecule has 6 heteroatoms. The van der Waals surface area contributed by atoms with Gasteiger partial charge in [0.25, 0.3) is 0 Å². The number of nitrogens with zero attached hydrogens (tertiary/aromatic N) is 2. The molecule has 3 rings (SSSR count). The minimum atomic E-state index is -0.0146. The second-order valence-electron chi connectivity index (χ2n) is 4.80. The van der Waals surface area contributed by atoms with Gasteiger partial charge in [-0.3, -0.25) is 4.79 Å². The molecule has 1 N–H and O–H groups in total. The van der Waals surface area contributed by atoms with E-state index in [4.69, 9.17) is 0 Å². The monoisotopic (exact) mass is 329 g/mol. The Kier molecular flexibility index (Phi) is 4.70. The maximum Gasteiger partial charge on any atom is 0.226 e. The summed E-state index contributed by atoms with van der Waals surface area (Å²) in [5.74, 6) is 0.687. The van der Waals surface area contributed by atoms with Crippen LogP contribution in [0.5, 0.6) is 0 Å². The summed E-state index contributed by atoms with van der Waals surface area (Å²) in [7, 11) is 0. The SMILES string of the molecule is Cc1ccc2nc(NC(=O)CCSc3ccccn3)sc2c1. The lowest BCUT2D eigenvalue weighted by Gasteiger charge is -2.01. The molecular formula is C16H15N3OS2. The molecule has 4 nitrogen and oxygen atoms in total. The molecule has 2 aromatic heterocycles. The van der Waals surface area contributed by atoms with E-state index in [-0.39, 0.29) is 5.91 Å². The van der Waals surface area contributed by atoms with Gasteiger partial charge in [0.2, 0.25) is 5.91 Å². The molecule has 1 amide bonds. The van der Waals surface area contributed by atoms with Crippen molar-refractivity contribution in [1.29, 1.82) is 0 Å². The number of benzene rings is 1. The number of nitrogens with one attached hydrogen (secondary N) is 1. The fourth-order valence-electron chi connectivity index (χ4n) is 1.95. The Hall–Kier alpha value is -1.92. The summed E-state index contributed by atoms with van der Waals surface area (Å²) in [6, 6.07) is 11.9. The van der Waals surface area contributed by atoms with Gasteiger partial charge in [0.15, 0.2) is 5.13 Å². The Morgan fingerprint density at radius 2 is 2.23 bits per heavy atom. The van der Waals surface area contributed by atoms with Crippen LogP contribution in [0.3, 0.4) is 0 Å². The highest BCUT2D eigenvalue weighted by atomic mass is 32.2. The number of carbonyl (C=O) groups is 1. The first-order chi connectivity index (χ1) is 10.7. The van der Waals surface area contributed by atoms with Gasteiger partial charge in [-0.05, 0) is 36.8 Å². The molecule has 0 bridgehead atoms. The van der Waals surface area contributed by atoms with E-state index < -0.39 is 0 Å². The number of aryl methyl sites for hydroxylation is 1. The van der Waals surface area contributed by atoms with E-state index in [0.29, 0.717) is 17.3 Å². The second kappa shape index (κ2) is 6.89. The van der Waals surface area contributed by atoms with Crippen LogP contribution in [0.15, 0.2) is 47.6 Å². The van der Waals surface area contributed by atoms with Crippen molar-refractivity contribution < 1.29 is 4.79 Å². The van der Waals surface area contributed by atoms with Crippen LogP contribution in [-0.4, -0.2) is 21.6 Å². The van der Waals surface area contributed by atoms with E-state index in [9.17, 15) is 4.79 Å². The van der Waals surface area contributed by atoms with Gasteiger partial charge < -0.3 is 5.32 Å². The van der Waals surface area contributed by atoms with Crippen molar-refractivity contribution in [2.45, 2.75) is 18.4 Å². The van der Waals surface area contributed by atoms with Gasteiger partial charge in [0, 0.05) is 18.4 Å². The van der Waals surface area contributed by atoms with Gasteiger partial charge in [-0.2, -0.15) is 0 Å². The smallest absolute Gasteiger partial charge is 0.226 e. The molecule has 0 saturated heterocycles. The lowest BCUT2D eigenvalue weighted by atomic mass is 10.2. The summed E-state index contributed by atoms with van der Waals surface area (Å²) in [6.45, 7) is 2.05. The van der Waals surface area contributed by atoms with Gasteiger partial charge in [-0.15, -0.1) is 11.8 Å². The molecular weight excluding hydrogens is 314 g/mol. The highest BCUT2D eigenvalue weighted by Gasteiger charge is 2.08. The lowest BCUT2D eigenvalue weighted by molar-refractivity contribution is -0.115. The van der Waals surface area contributed by atoms with Crippen molar-refractivity contribution in [1.82, 2.24) is 9.97 Å². The number of hydrogen-bond donors (Lipinski definition) is 1. The van der Waals surface area contributed by atoms with Gasteiger partial charge in [-0.1, -0.05) is 23.5 Å². The van der Waals surface area contributed by atoms with Crippen LogP contribution < -0.4 is 5.32 Å². The van der Waals surface area contributed by atoms with E-state index in [1.165, 1.54) is 16.9 Å². The van der Waals surface area contributed by atoms with Gasteiger partial charge in [-0.25, -0.2) is 9.97 Å². The maximum atomic E-state index is 12.0. The number of thioether (sulfide) groups is 1. The number of amides is 1. The Morgan fingerprint density at radius 3 is 3.05 bits per heavy atom. The number of aromatic nitrogens is 2. The Morgan fingerprint density at radius 1 is 1.32 bits per heavy atom. The number of rotatable bonds is 5. The Bertz CT molecular complexity index is 786. The van der Waals surface area contributed by atoms with Crippen molar-refractivity contribution in [2.75, 3.05) is 11.1 Å². The highest BCUT2D eigenvalue weighted by Crippen LogP contribution is 2.26. The van der Waals surface area contributed by atoms with Gasteiger partial charge in [0.1, 0.15) is 0 Å². The molecule has 22 heavy (non-hydrogen) atoms. The number of fused-ring (bicyclic) bond motifs is 1. The summed E-state index contributed by atoms with van der Waals surface area (Å²) in [5.41, 5.74) is 2.12. The van der Waals surface area contributed by atoms with Crippen LogP contribution in [0.25, 0.3) is 10.2 Å². The molecule has 0 fully saturated rings. The van der Waals surface area contributed by atoms with E-state index in [2.05, 4.69) is 21.4 Å². The predicted molar refractivity (Wildman–Crippen MR) is 92.6 cm³/mol. The summed E-state index contributed by atoms with van der Waals surface area (Å²) in [4.78, 5) is 20.6. The van der Waals surface area contributed by atoms with E-state index >= 15 is 0 Å². The van der Waals surface area contributed by atoms with Crippen molar-refractivity contribution >= 4 is 44.4 Å². The van der Waals surface area contributed by atoms with Crippen LogP contribution >= 0.6 is 23.1 Å². The van der Waals surface area contributed by atoms with Gasteiger partial charge in [0.05, 0.1) is 15.2 Å². The van der Waals surface area contributed by atoms with Crippen LogP contribution in [0, 0.1) is 6.92 Å². The maximum absolute atomic E-state index is 12.0. The fraction of sp³-hybridized carbons (Fsp3) is 0.188. The number of anilines is 1. The van der Waals surface area contributed by atoms with Crippen LogP contribution in [-0.2, 0) is 4.79 Å².